The molecule has 0 saturated carbocycles. The van der Waals surface area contributed by atoms with Gasteiger partial charge in [0.25, 0.3) is 11.5 Å². The second-order valence-electron chi connectivity index (χ2n) is 6.19. The first-order valence-electron chi connectivity index (χ1n) is 8.27. The van der Waals surface area contributed by atoms with E-state index >= 15 is 0 Å². The highest BCUT2D eigenvalue weighted by atomic mass is 32.1. The number of fused-ring (bicyclic) bond motifs is 3. The van der Waals surface area contributed by atoms with E-state index in [2.05, 4.69) is 10.3 Å². The molecule has 1 aromatic carbocycles. The third-order valence-corrected chi connectivity index (χ3v) is 5.36. The molecule has 1 amide bonds. The molecule has 0 aliphatic heterocycles. The van der Waals surface area contributed by atoms with E-state index in [1.54, 1.807) is 10.7 Å². The second-order valence-corrected chi connectivity index (χ2v) is 7.20. The van der Waals surface area contributed by atoms with Crippen molar-refractivity contribution in [3.63, 3.8) is 0 Å². The van der Waals surface area contributed by atoms with Crippen LogP contribution in [0.4, 0.5) is 0 Å². The number of rotatable bonds is 4. The Hall–Kier alpha value is -2.93. The molecule has 0 saturated heterocycles. The lowest BCUT2D eigenvalue weighted by Gasteiger charge is -2.04. The Kier molecular flexibility index (Phi) is 4.08. The maximum atomic E-state index is 12.6. The molecule has 0 fully saturated rings. The number of amides is 1. The molecule has 132 valence electrons. The summed E-state index contributed by atoms with van der Waals surface area (Å²) in [7, 11) is 0. The summed E-state index contributed by atoms with van der Waals surface area (Å²) in [6.07, 6.45) is 2.20. The first kappa shape index (κ1) is 16.5. The highest BCUT2D eigenvalue weighted by Gasteiger charge is 2.14. The van der Waals surface area contributed by atoms with Crippen LogP contribution in [0, 0.1) is 13.8 Å². The predicted molar refractivity (Wildman–Crippen MR) is 101 cm³/mol. The molecular formula is C19H17N3O3S. The van der Waals surface area contributed by atoms with Gasteiger partial charge in [0, 0.05) is 19.0 Å². The number of aromatic nitrogens is 2. The van der Waals surface area contributed by atoms with Gasteiger partial charge in [0.05, 0.1) is 17.3 Å². The van der Waals surface area contributed by atoms with Crippen molar-refractivity contribution < 1.29 is 9.21 Å². The van der Waals surface area contributed by atoms with Gasteiger partial charge in [-0.05, 0) is 49.2 Å². The Morgan fingerprint density at radius 3 is 2.85 bits per heavy atom. The molecule has 0 atom stereocenters. The van der Waals surface area contributed by atoms with Crippen LogP contribution in [0.3, 0.4) is 0 Å². The summed E-state index contributed by atoms with van der Waals surface area (Å²) >= 11 is 1.21. The van der Waals surface area contributed by atoms with Crippen molar-refractivity contribution in [3.05, 3.63) is 68.7 Å². The molecular weight excluding hydrogens is 350 g/mol. The van der Waals surface area contributed by atoms with Gasteiger partial charge in [0.1, 0.15) is 10.6 Å². The Bertz CT molecular complexity index is 1170. The average Bonchev–Trinajstić information content (AvgIpc) is 3.23. The van der Waals surface area contributed by atoms with Crippen LogP contribution in [-0.4, -0.2) is 21.8 Å². The molecule has 26 heavy (non-hydrogen) atoms. The van der Waals surface area contributed by atoms with Gasteiger partial charge in [-0.15, -0.1) is 0 Å². The van der Waals surface area contributed by atoms with Gasteiger partial charge < -0.3 is 9.73 Å². The molecule has 4 aromatic rings. The molecule has 3 aromatic heterocycles. The fraction of sp³-hybridized carbons (Fsp3) is 0.211. The number of imidazole rings is 1. The zero-order valence-corrected chi connectivity index (χ0v) is 15.2. The van der Waals surface area contributed by atoms with Crippen LogP contribution in [0.2, 0.25) is 0 Å². The number of hydrogen-bond acceptors (Lipinski definition) is 5. The average molecular weight is 367 g/mol. The molecule has 0 unspecified atom stereocenters. The van der Waals surface area contributed by atoms with Crippen molar-refractivity contribution in [1.82, 2.24) is 14.7 Å². The minimum Gasteiger partial charge on any atom is -0.469 e. The third kappa shape index (κ3) is 2.90. The van der Waals surface area contributed by atoms with E-state index < -0.39 is 0 Å². The van der Waals surface area contributed by atoms with E-state index in [9.17, 15) is 9.59 Å². The van der Waals surface area contributed by atoms with Crippen molar-refractivity contribution in [3.8, 4) is 0 Å². The third-order valence-electron chi connectivity index (χ3n) is 4.38. The molecule has 1 N–H and O–H groups in total. The summed E-state index contributed by atoms with van der Waals surface area (Å²) in [6.45, 7) is 4.45. The van der Waals surface area contributed by atoms with Gasteiger partial charge >= 0.3 is 0 Å². The number of carbonyl (C=O) groups is 1. The first-order valence-corrected chi connectivity index (χ1v) is 9.09. The molecule has 3 heterocycles. The van der Waals surface area contributed by atoms with Crippen LogP contribution >= 0.6 is 11.3 Å². The maximum Gasteiger partial charge on any atom is 0.261 e. The number of hydrogen-bond donors (Lipinski definition) is 1. The monoisotopic (exact) mass is 367 g/mol. The van der Waals surface area contributed by atoms with Crippen LogP contribution in [0.15, 0.2) is 45.8 Å². The smallest absolute Gasteiger partial charge is 0.261 e. The molecule has 0 bridgehead atoms. The Labute approximate surface area is 153 Å². The van der Waals surface area contributed by atoms with E-state index in [0.717, 1.165) is 27.9 Å². The van der Waals surface area contributed by atoms with Crippen LogP contribution in [0.25, 0.3) is 16.0 Å². The van der Waals surface area contributed by atoms with E-state index in [1.807, 2.05) is 38.1 Å². The zero-order chi connectivity index (χ0) is 18.3. The Balaban J connectivity index is 1.65. The SMILES string of the molecule is Cc1cc2nc3sc(C(=O)NCCc4ccco4)cc(=O)n3c2cc1C. The largest absolute Gasteiger partial charge is 0.469 e. The number of carbonyl (C=O) groups excluding carboxylic acids is 1. The predicted octanol–water partition coefficient (Wildman–Crippen LogP) is 3.09. The first-order chi connectivity index (χ1) is 12.5. The van der Waals surface area contributed by atoms with Crippen LogP contribution in [0.5, 0.6) is 0 Å². The molecule has 7 heteroatoms. The van der Waals surface area contributed by atoms with Crippen molar-refractivity contribution in [2.24, 2.45) is 0 Å². The van der Waals surface area contributed by atoms with E-state index in [-0.39, 0.29) is 11.5 Å². The van der Waals surface area contributed by atoms with Gasteiger partial charge in [-0.2, -0.15) is 0 Å². The van der Waals surface area contributed by atoms with Crippen LogP contribution < -0.4 is 10.9 Å². The van der Waals surface area contributed by atoms with Gasteiger partial charge in [-0.1, -0.05) is 11.3 Å². The van der Waals surface area contributed by atoms with Crippen molar-refractivity contribution in [2.45, 2.75) is 20.3 Å². The fourth-order valence-corrected chi connectivity index (χ4v) is 3.79. The molecule has 0 aliphatic rings. The Morgan fingerprint density at radius 1 is 1.27 bits per heavy atom. The minimum atomic E-state index is -0.277. The quantitative estimate of drug-likeness (QED) is 0.601. The molecule has 4 rings (SSSR count). The summed E-state index contributed by atoms with van der Waals surface area (Å²) in [5, 5.41) is 2.82. The molecule has 6 nitrogen and oxygen atoms in total. The number of benzene rings is 1. The number of nitrogens with one attached hydrogen (secondary N) is 1. The van der Waals surface area contributed by atoms with Crippen LogP contribution in [-0.2, 0) is 6.42 Å². The van der Waals surface area contributed by atoms with Crippen molar-refractivity contribution >= 4 is 33.2 Å². The lowest BCUT2D eigenvalue weighted by Crippen LogP contribution is -2.26. The topological polar surface area (TPSA) is 76.6 Å². The number of furan rings is 1. The summed E-state index contributed by atoms with van der Waals surface area (Å²) in [4.78, 5) is 30.4. The standard InChI is InChI=1S/C19H17N3O3S/c1-11-8-14-15(9-12(11)2)22-17(23)10-16(26-19(22)21-14)18(24)20-6-5-13-4-3-7-25-13/h3-4,7-10H,5-6H2,1-2H3,(H,20,24). The lowest BCUT2D eigenvalue weighted by molar-refractivity contribution is 0.0957. The highest BCUT2D eigenvalue weighted by molar-refractivity contribution is 7.18. The lowest BCUT2D eigenvalue weighted by atomic mass is 10.1. The minimum absolute atomic E-state index is 0.249. The molecule has 0 spiro atoms. The van der Waals surface area contributed by atoms with E-state index in [0.29, 0.717) is 22.8 Å². The second kappa shape index (κ2) is 6.42. The molecule has 0 aliphatic carbocycles. The number of nitrogens with zero attached hydrogens (tertiary/aromatic N) is 2. The maximum absolute atomic E-state index is 12.6. The van der Waals surface area contributed by atoms with E-state index in [1.165, 1.54) is 17.4 Å². The summed E-state index contributed by atoms with van der Waals surface area (Å²) < 4.78 is 6.80. The zero-order valence-electron chi connectivity index (χ0n) is 14.4. The van der Waals surface area contributed by atoms with Gasteiger partial charge in [-0.25, -0.2) is 4.98 Å². The normalized spacial score (nSPS) is 11.3. The summed E-state index contributed by atoms with van der Waals surface area (Å²) in [5.41, 5.74) is 3.50. The summed E-state index contributed by atoms with van der Waals surface area (Å²) in [5.74, 6) is 0.528. The number of aryl methyl sites for hydroxylation is 2. The van der Waals surface area contributed by atoms with Crippen molar-refractivity contribution in [1.29, 1.82) is 0 Å². The molecule has 0 radical (unpaired) electrons. The van der Waals surface area contributed by atoms with Crippen LogP contribution in [0.1, 0.15) is 26.6 Å². The Morgan fingerprint density at radius 2 is 2.08 bits per heavy atom. The van der Waals surface area contributed by atoms with Crippen molar-refractivity contribution in [2.75, 3.05) is 6.54 Å². The fourth-order valence-electron chi connectivity index (χ4n) is 2.85. The highest BCUT2D eigenvalue weighted by Crippen LogP contribution is 2.22. The van der Waals surface area contributed by atoms with E-state index in [4.69, 9.17) is 4.42 Å². The van der Waals surface area contributed by atoms with Gasteiger partial charge in [-0.3, -0.25) is 14.0 Å². The summed E-state index contributed by atoms with van der Waals surface area (Å²) in [6, 6.07) is 8.96. The van der Waals surface area contributed by atoms with Gasteiger partial charge in [0.2, 0.25) is 0 Å². The van der Waals surface area contributed by atoms with Gasteiger partial charge in [0.15, 0.2) is 4.96 Å².